The molecule has 2 aromatic heterocycles. The van der Waals surface area contributed by atoms with Crippen molar-refractivity contribution in [2.75, 3.05) is 23.4 Å². The molecule has 0 bridgehead atoms. The molecule has 0 saturated carbocycles. The number of aryl methyl sites for hydroxylation is 1. The van der Waals surface area contributed by atoms with E-state index in [1.54, 1.807) is 0 Å². The Labute approximate surface area is 162 Å². The minimum Gasteiger partial charge on any atom is -0.477 e. The number of nitro groups is 1. The minimum absolute atomic E-state index is 0.0743. The summed E-state index contributed by atoms with van der Waals surface area (Å²) in [6.45, 7) is -0.687. The van der Waals surface area contributed by atoms with E-state index in [4.69, 9.17) is 4.74 Å². The van der Waals surface area contributed by atoms with Crippen LogP contribution in [0.15, 0.2) is 12.1 Å². The van der Waals surface area contributed by atoms with Gasteiger partial charge in [-0.3, -0.25) is 14.5 Å². The van der Waals surface area contributed by atoms with Gasteiger partial charge in [0.05, 0.1) is 5.56 Å². The number of carbonyl (C=O) groups is 2. The summed E-state index contributed by atoms with van der Waals surface area (Å²) in [5, 5.41) is 23.5. The van der Waals surface area contributed by atoms with Gasteiger partial charge in [0.2, 0.25) is 5.91 Å². The van der Waals surface area contributed by atoms with E-state index in [-0.39, 0.29) is 18.2 Å². The van der Waals surface area contributed by atoms with Gasteiger partial charge < -0.3 is 20.2 Å². The van der Waals surface area contributed by atoms with Gasteiger partial charge in [-0.1, -0.05) is 0 Å². The van der Waals surface area contributed by atoms with E-state index in [2.05, 4.69) is 16.4 Å². The number of pyridine rings is 1. The topological polar surface area (TPSA) is 138 Å². The lowest BCUT2D eigenvalue weighted by Gasteiger charge is -2.24. The zero-order valence-electron chi connectivity index (χ0n) is 14.4. The first-order chi connectivity index (χ1) is 13.5. The average molecular weight is 399 g/mol. The van der Waals surface area contributed by atoms with Crippen molar-refractivity contribution in [1.29, 1.82) is 5.26 Å². The van der Waals surface area contributed by atoms with Gasteiger partial charge >= 0.3 is 5.82 Å². The molecule has 28 heavy (non-hydrogen) atoms. The molecular weight excluding hydrogens is 386 g/mol. The van der Waals surface area contributed by atoms with Gasteiger partial charge in [0.25, 0.3) is 11.7 Å². The Bertz CT molecular complexity index is 1060. The number of nitrogens with one attached hydrogen (secondary N) is 1. The molecule has 0 spiro atoms. The van der Waals surface area contributed by atoms with Crippen LogP contribution in [0.4, 0.5) is 16.6 Å². The fourth-order valence-corrected chi connectivity index (χ4v) is 4.51. The van der Waals surface area contributed by atoms with Crippen LogP contribution in [0, 0.1) is 21.4 Å². The van der Waals surface area contributed by atoms with Gasteiger partial charge in [-0.25, -0.2) is 0 Å². The summed E-state index contributed by atoms with van der Waals surface area (Å²) < 4.78 is 5.23. The molecular formula is C17H13N5O5S. The highest BCUT2D eigenvalue weighted by Crippen LogP contribution is 2.38. The van der Waals surface area contributed by atoms with Crippen molar-refractivity contribution in [3.63, 3.8) is 0 Å². The van der Waals surface area contributed by atoms with Crippen molar-refractivity contribution in [2.24, 2.45) is 0 Å². The van der Waals surface area contributed by atoms with E-state index in [1.165, 1.54) is 23.5 Å². The molecule has 1 N–H and O–H groups in total. The van der Waals surface area contributed by atoms with Crippen LogP contribution in [0.1, 0.15) is 22.4 Å². The van der Waals surface area contributed by atoms with E-state index in [0.717, 1.165) is 34.6 Å². The lowest BCUT2D eigenvalue weighted by Crippen LogP contribution is -2.44. The second-order valence-electron chi connectivity index (χ2n) is 6.24. The maximum atomic E-state index is 12.5. The second-order valence-corrected chi connectivity index (χ2v) is 7.34. The van der Waals surface area contributed by atoms with E-state index < -0.39 is 29.1 Å². The van der Waals surface area contributed by atoms with Crippen LogP contribution < -0.4 is 15.0 Å². The molecule has 0 radical (unpaired) electrons. The fourth-order valence-electron chi connectivity index (χ4n) is 3.25. The Morgan fingerprint density at radius 1 is 1.46 bits per heavy atom. The molecule has 1 aliphatic carbocycles. The fraction of sp³-hybridized carbons (Fsp3) is 0.294. The molecule has 2 amide bonds. The molecule has 142 valence electrons. The Morgan fingerprint density at radius 2 is 2.29 bits per heavy atom. The molecule has 1 aliphatic heterocycles. The molecule has 0 aromatic carbocycles. The number of nitrogens with zero attached hydrogens (tertiary/aromatic N) is 4. The summed E-state index contributed by atoms with van der Waals surface area (Å²) >= 11 is 1.37. The number of aromatic nitrogens is 1. The van der Waals surface area contributed by atoms with E-state index in [0.29, 0.717) is 10.6 Å². The van der Waals surface area contributed by atoms with E-state index >= 15 is 0 Å². The Morgan fingerprint density at radius 3 is 3.04 bits per heavy atom. The molecule has 3 heterocycles. The quantitative estimate of drug-likeness (QED) is 0.610. The van der Waals surface area contributed by atoms with Crippen LogP contribution in [-0.4, -0.2) is 34.9 Å². The monoisotopic (exact) mass is 399 g/mol. The van der Waals surface area contributed by atoms with Gasteiger partial charge in [-0.05, 0) is 40.8 Å². The number of nitriles is 1. The molecule has 11 heteroatoms. The van der Waals surface area contributed by atoms with Crippen molar-refractivity contribution in [1.82, 2.24) is 4.98 Å². The SMILES string of the molecule is N#Cc1c(NC(=O)CN2C(=O)COc3ccc([N+](=O)[O-])nc32)sc2c1CCC2. The lowest BCUT2D eigenvalue weighted by molar-refractivity contribution is -0.389. The standard InChI is InChI=1S/C17H13N5O5S/c18-6-10-9-2-1-3-12(9)28-17(10)20-14(23)7-21-15(24)8-27-11-4-5-13(22(25)26)19-16(11)21/h4-5H,1-3,7-8H2,(H,20,23). The smallest absolute Gasteiger partial charge is 0.366 e. The highest BCUT2D eigenvalue weighted by molar-refractivity contribution is 7.16. The first-order valence-electron chi connectivity index (χ1n) is 8.41. The van der Waals surface area contributed by atoms with E-state index in [9.17, 15) is 25.0 Å². The number of anilines is 2. The number of carbonyl (C=O) groups excluding carboxylic acids is 2. The summed E-state index contributed by atoms with van der Waals surface area (Å²) in [6.07, 6.45) is 2.69. The summed E-state index contributed by atoms with van der Waals surface area (Å²) in [6, 6.07) is 4.65. The third-order valence-corrected chi connectivity index (χ3v) is 5.71. The van der Waals surface area contributed by atoms with Gasteiger partial charge in [-0.15, -0.1) is 11.3 Å². The number of rotatable bonds is 4. The van der Waals surface area contributed by atoms with E-state index in [1.807, 2.05) is 0 Å². The molecule has 0 fully saturated rings. The number of hydrogen-bond donors (Lipinski definition) is 1. The minimum atomic E-state index is -0.690. The van der Waals surface area contributed by atoms with Gasteiger partial charge in [0, 0.05) is 10.9 Å². The summed E-state index contributed by atoms with van der Waals surface area (Å²) in [4.78, 5) is 41.0. The predicted octanol–water partition coefficient (Wildman–Crippen LogP) is 1.78. The molecule has 0 unspecified atom stereocenters. The zero-order chi connectivity index (χ0) is 19.8. The van der Waals surface area contributed by atoms with Crippen molar-refractivity contribution in [3.8, 4) is 11.8 Å². The van der Waals surface area contributed by atoms with Crippen LogP contribution >= 0.6 is 11.3 Å². The number of fused-ring (bicyclic) bond motifs is 2. The maximum Gasteiger partial charge on any atom is 0.366 e. The molecule has 2 aliphatic rings. The number of amides is 2. The first-order valence-corrected chi connectivity index (χ1v) is 9.22. The average Bonchev–Trinajstić information content (AvgIpc) is 3.24. The van der Waals surface area contributed by atoms with Crippen molar-refractivity contribution >= 4 is 39.8 Å². The van der Waals surface area contributed by atoms with Gasteiger partial charge in [0.15, 0.2) is 12.4 Å². The molecule has 4 rings (SSSR count). The third kappa shape index (κ3) is 3.03. The first kappa shape index (κ1) is 17.9. The molecule has 0 saturated heterocycles. The van der Waals surface area contributed by atoms with Gasteiger partial charge in [0.1, 0.15) is 17.6 Å². The predicted molar refractivity (Wildman–Crippen MR) is 98.4 cm³/mol. The largest absolute Gasteiger partial charge is 0.477 e. The summed E-state index contributed by atoms with van der Waals surface area (Å²) in [5.41, 5.74) is 1.45. The maximum absolute atomic E-state index is 12.5. The van der Waals surface area contributed by atoms with Gasteiger partial charge in [-0.2, -0.15) is 5.26 Å². The summed E-state index contributed by atoms with van der Waals surface area (Å²) in [7, 11) is 0. The lowest BCUT2D eigenvalue weighted by atomic mass is 10.1. The third-order valence-electron chi connectivity index (χ3n) is 4.51. The van der Waals surface area contributed by atoms with Crippen molar-refractivity contribution in [3.05, 3.63) is 38.3 Å². The number of hydrogen-bond acceptors (Lipinski definition) is 8. The van der Waals surface area contributed by atoms with Crippen LogP contribution in [0.25, 0.3) is 0 Å². The summed E-state index contributed by atoms with van der Waals surface area (Å²) in [5.74, 6) is -1.40. The Balaban J connectivity index is 1.57. The van der Waals surface area contributed by atoms with Crippen LogP contribution in [-0.2, 0) is 22.4 Å². The molecule has 0 atom stereocenters. The molecule has 2 aromatic rings. The van der Waals surface area contributed by atoms with Crippen LogP contribution in [0.2, 0.25) is 0 Å². The van der Waals surface area contributed by atoms with Crippen molar-refractivity contribution in [2.45, 2.75) is 19.3 Å². The number of thiophene rings is 1. The Hall–Kier alpha value is -3.52. The van der Waals surface area contributed by atoms with Crippen molar-refractivity contribution < 1.29 is 19.2 Å². The van der Waals surface area contributed by atoms with Crippen LogP contribution in [0.3, 0.4) is 0 Å². The molecule has 10 nitrogen and oxygen atoms in total. The number of ether oxygens (including phenoxy) is 1. The normalized spacial score (nSPS) is 14.7. The zero-order valence-corrected chi connectivity index (χ0v) is 15.2. The highest BCUT2D eigenvalue weighted by atomic mass is 32.1. The highest BCUT2D eigenvalue weighted by Gasteiger charge is 2.34. The second kappa shape index (κ2) is 6.90. The Kier molecular flexibility index (Phi) is 4.40. The van der Waals surface area contributed by atoms with Crippen LogP contribution in [0.5, 0.6) is 5.75 Å².